The minimum Gasteiger partial charge on any atom is -0.452 e. The van der Waals surface area contributed by atoms with E-state index >= 15 is 0 Å². The van der Waals surface area contributed by atoms with E-state index in [0.717, 1.165) is 31.4 Å². The summed E-state index contributed by atoms with van der Waals surface area (Å²) >= 11 is 0. The molecule has 2 saturated carbocycles. The number of rotatable bonds is 4. The van der Waals surface area contributed by atoms with Crippen molar-refractivity contribution in [1.29, 1.82) is 10.7 Å². The van der Waals surface area contributed by atoms with Crippen molar-refractivity contribution in [3.8, 4) is 17.6 Å². The topological polar surface area (TPSA) is 82.0 Å². The van der Waals surface area contributed by atoms with Gasteiger partial charge in [-0.25, -0.2) is 0 Å². The first kappa shape index (κ1) is 17.4. The number of nitrogens with one attached hydrogen (secondary N) is 1. The number of pyridine rings is 1. The molecule has 136 valence electrons. The maximum atomic E-state index is 10.6. The largest absolute Gasteiger partial charge is 0.452 e. The smallest absolute Gasteiger partial charge is 0.173 e. The molecule has 2 bridgehead atoms. The van der Waals surface area contributed by atoms with Crippen molar-refractivity contribution in [1.82, 2.24) is 4.57 Å². The number of fused-ring (bicyclic) bond motifs is 2. The van der Waals surface area contributed by atoms with Crippen LogP contribution in [0.2, 0.25) is 0 Å². The lowest BCUT2D eigenvalue weighted by molar-refractivity contribution is 0.0521. The summed E-state index contributed by atoms with van der Waals surface area (Å²) in [6, 6.07) is 12.6. The summed E-state index contributed by atoms with van der Waals surface area (Å²) in [5.41, 5.74) is 3.67. The molecule has 0 aliphatic heterocycles. The zero-order valence-electron chi connectivity index (χ0n) is 15.0. The highest BCUT2D eigenvalue weighted by molar-refractivity contribution is 5.55. The standard InChI is InChI=1S/C22H21N3O2/c1-2-19(21-9-11-22(26,15-21)12-10-21)25-13-5-8-18(20(25)24)27-17-7-4-3-6-16(17)14-23/h3-8,13,24,26H,1,9-12,15H2. The van der Waals surface area contributed by atoms with Crippen molar-refractivity contribution in [3.63, 3.8) is 0 Å². The zero-order valence-corrected chi connectivity index (χ0v) is 15.0. The van der Waals surface area contributed by atoms with Gasteiger partial charge in [-0.3, -0.25) is 9.98 Å². The molecule has 0 saturated heterocycles. The molecule has 5 nitrogen and oxygen atoms in total. The fourth-order valence-electron chi connectivity index (χ4n) is 4.55. The molecule has 2 fully saturated rings. The van der Waals surface area contributed by atoms with Crippen LogP contribution in [0.5, 0.6) is 11.5 Å². The first-order valence-electron chi connectivity index (χ1n) is 9.07. The van der Waals surface area contributed by atoms with Gasteiger partial charge >= 0.3 is 0 Å². The number of aliphatic hydroxyl groups is 1. The summed E-state index contributed by atoms with van der Waals surface area (Å²) in [6.45, 7) is 3.87. The predicted octanol–water partition coefficient (Wildman–Crippen LogP) is 3.95. The molecule has 0 radical (unpaired) electrons. The van der Waals surface area contributed by atoms with Crippen molar-refractivity contribution in [2.75, 3.05) is 0 Å². The number of ether oxygens (including phenoxy) is 1. The second kappa shape index (κ2) is 6.28. The second-order valence-corrected chi connectivity index (χ2v) is 7.51. The number of hydrogen-bond acceptors (Lipinski definition) is 4. The van der Waals surface area contributed by atoms with Gasteiger partial charge in [0.2, 0.25) is 0 Å². The maximum Gasteiger partial charge on any atom is 0.173 e. The first-order chi connectivity index (χ1) is 13.0. The molecule has 0 spiro atoms. The van der Waals surface area contributed by atoms with Crippen LogP contribution >= 0.6 is 0 Å². The monoisotopic (exact) mass is 359 g/mol. The van der Waals surface area contributed by atoms with Crippen molar-refractivity contribution >= 4 is 5.70 Å². The van der Waals surface area contributed by atoms with Gasteiger partial charge in [0.05, 0.1) is 16.9 Å². The van der Waals surface area contributed by atoms with Crippen LogP contribution in [-0.2, 0) is 0 Å². The molecular weight excluding hydrogens is 338 g/mol. The molecule has 0 amide bonds. The molecular formula is C22H21N3O2. The highest BCUT2D eigenvalue weighted by Gasteiger charge is 2.55. The van der Waals surface area contributed by atoms with Crippen LogP contribution in [0.4, 0.5) is 0 Å². The highest BCUT2D eigenvalue weighted by atomic mass is 16.5. The van der Waals surface area contributed by atoms with Crippen molar-refractivity contribution in [2.24, 2.45) is 5.41 Å². The normalized spacial score (nSPS) is 25.6. The Morgan fingerprint density at radius 3 is 2.48 bits per heavy atom. The minimum absolute atomic E-state index is 0.174. The van der Waals surface area contributed by atoms with Gasteiger partial charge in [0.15, 0.2) is 11.2 Å². The molecule has 4 rings (SSSR count). The Hall–Kier alpha value is -3.06. The van der Waals surface area contributed by atoms with Gasteiger partial charge < -0.3 is 9.84 Å². The van der Waals surface area contributed by atoms with Gasteiger partial charge in [0.25, 0.3) is 0 Å². The quantitative estimate of drug-likeness (QED) is 0.811. The third kappa shape index (κ3) is 2.80. The summed E-state index contributed by atoms with van der Waals surface area (Å²) in [5, 5.41) is 28.5. The predicted molar refractivity (Wildman–Crippen MR) is 101 cm³/mol. The molecule has 0 atom stereocenters. The molecule has 2 aliphatic rings. The van der Waals surface area contributed by atoms with Gasteiger partial charge in [-0.05, 0) is 56.4 Å². The average molecular weight is 359 g/mol. The summed E-state index contributed by atoms with van der Waals surface area (Å²) in [7, 11) is 0. The Labute approximate surface area is 158 Å². The Balaban J connectivity index is 1.74. The van der Waals surface area contributed by atoms with E-state index in [1.54, 1.807) is 34.9 Å². The number of nitriles is 1. The molecule has 1 heterocycles. The van der Waals surface area contributed by atoms with E-state index < -0.39 is 5.60 Å². The Morgan fingerprint density at radius 1 is 1.15 bits per heavy atom. The lowest BCUT2D eigenvalue weighted by Gasteiger charge is -2.29. The molecule has 27 heavy (non-hydrogen) atoms. The number of benzene rings is 1. The summed E-state index contributed by atoms with van der Waals surface area (Å²) in [5.74, 6) is 0.778. The third-order valence-electron chi connectivity index (χ3n) is 5.90. The Morgan fingerprint density at radius 2 is 1.85 bits per heavy atom. The molecule has 5 heteroatoms. The van der Waals surface area contributed by atoms with Crippen LogP contribution in [0.1, 0.15) is 37.7 Å². The number of nitrogens with zero attached hydrogens (tertiary/aromatic N) is 2. The van der Waals surface area contributed by atoms with Crippen LogP contribution in [0, 0.1) is 22.2 Å². The van der Waals surface area contributed by atoms with Crippen LogP contribution in [0.25, 0.3) is 5.70 Å². The second-order valence-electron chi connectivity index (χ2n) is 7.51. The van der Waals surface area contributed by atoms with E-state index in [-0.39, 0.29) is 10.9 Å². The Bertz CT molecular complexity index is 1050. The molecule has 2 aromatic rings. The van der Waals surface area contributed by atoms with E-state index in [4.69, 9.17) is 10.1 Å². The molecule has 1 aromatic carbocycles. The number of hydrogen-bond donors (Lipinski definition) is 2. The van der Waals surface area contributed by atoms with Gasteiger partial charge in [-0.15, -0.1) is 5.73 Å². The fraction of sp³-hybridized carbons (Fsp3) is 0.318. The van der Waals surface area contributed by atoms with E-state index in [0.29, 0.717) is 23.5 Å². The number of para-hydroxylation sites is 1. The zero-order chi connectivity index (χ0) is 19.1. The lowest BCUT2D eigenvalue weighted by atomic mass is 9.81. The van der Waals surface area contributed by atoms with E-state index in [9.17, 15) is 10.4 Å². The van der Waals surface area contributed by atoms with Gasteiger partial charge in [0, 0.05) is 11.6 Å². The summed E-state index contributed by atoms with van der Waals surface area (Å²) in [6.07, 6.45) is 5.79. The highest BCUT2D eigenvalue weighted by Crippen LogP contribution is 2.60. The van der Waals surface area contributed by atoms with Crippen LogP contribution in [-0.4, -0.2) is 15.3 Å². The van der Waals surface area contributed by atoms with Crippen molar-refractivity contribution < 1.29 is 9.84 Å². The van der Waals surface area contributed by atoms with Crippen LogP contribution in [0.3, 0.4) is 0 Å². The molecule has 1 aromatic heterocycles. The van der Waals surface area contributed by atoms with E-state index in [1.807, 2.05) is 12.3 Å². The van der Waals surface area contributed by atoms with Gasteiger partial charge in [-0.2, -0.15) is 5.26 Å². The van der Waals surface area contributed by atoms with Crippen LogP contribution in [0.15, 0.2) is 54.9 Å². The van der Waals surface area contributed by atoms with E-state index in [1.165, 1.54) is 0 Å². The fourth-order valence-corrected chi connectivity index (χ4v) is 4.55. The van der Waals surface area contributed by atoms with E-state index in [2.05, 4.69) is 18.4 Å². The van der Waals surface area contributed by atoms with Crippen molar-refractivity contribution in [3.05, 3.63) is 66.0 Å². The summed E-state index contributed by atoms with van der Waals surface area (Å²) < 4.78 is 7.63. The number of allylic oxidation sites excluding steroid dienone is 1. The minimum atomic E-state index is -0.593. The SMILES string of the molecule is C=C=C(n1cccc(Oc2ccccc2C#N)c1=N)C12CCC(O)(CC1)C2. The lowest BCUT2D eigenvalue weighted by Crippen LogP contribution is -2.28. The van der Waals surface area contributed by atoms with Gasteiger partial charge in [-0.1, -0.05) is 18.7 Å². The third-order valence-corrected chi connectivity index (χ3v) is 5.90. The maximum absolute atomic E-state index is 10.6. The van der Waals surface area contributed by atoms with Crippen molar-refractivity contribution in [2.45, 2.75) is 37.7 Å². The van der Waals surface area contributed by atoms with Crippen LogP contribution < -0.4 is 10.2 Å². The molecule has 2 N–H and O–H groups in total. The molecule has 0 unspecified atom stereocenters. The summed E-state index contributed by atoms with van der Waals surface area (Å²) in [4.78, 5) is 0. The number of aromatic nitrogens is 1. The molecule has 2 aliphatic carbocycles. The Kier molecular flexibility index (Phi) is 4.04. The van der Waals surface area contributed by atoms with Gasteiger partial charge in [0.1, 0.15) is 11.8 Å². The first-order valence-corrected chi connectivity index (χ1v) is 9.07. The average Bonchev–Trinajstić information content (AvgIpc) is 3.20.